The minimum absolute atomic E-state index is 0.0662. The summed E-state index contributed by atoms with van der Waals surface area (Å²) in [6.07, 6.45) is 2.05. The van der Waals surface area contributed by atoms with Crippen LogP contribution in [0.4, 0.5) is 8.78 Å². The molecule has 0 aliphatic rings. The van der Waals surface area contributed by atoms with Crippen molar-refractivity contribution < 1.29 is 13.9 Å². The van der Waals surface area contributed by atoms with Gasteiger partial charge in [-0.15, -0.1) is 0 Å². The molecule has 0 bridgehead atoms. The van der Waals surface area contributed by atoms with Crippen LogP contribution in [0.15, 0.2) is 48.5 Å². The fourth-order valence-electron chi connectivity index (χ4n) is 2.35. The van der Waals surface area contributed by atoms with E-state index in [1.54, 1.807) is 31.2 Å². The molecule has 2 aromatic carbocycles. The number of aliphatic hydroxyl groups is 1. The maximum atomic E-state index is 14.1. The van der Waals surface area contributed by atoms with Gasteiger partial charge in [0.05, 0.1) is 6.07 Å². The average molecular weight is 299 g/mol. The molecular formula is C18H15F2NO. The molecule has 0 fully saturated rings. The van der Waals surface area contributed by atoms with E-state index < -0.39 is 23.7 Å². The summed E-state index contributed by atoms with van der Waals surface area (Å²) in [6, 6.07) is 11.7. The Hall–Kier alpha value is -2.51. The molecule has 0 amide bonds. The molecule has 2 aromatic rings. The quantitative estimate of drug-likeness (QED) is 0.912. The first-order chi connectivity index (χ1) is 10.6. The molecule has 1 N–H and O–H groups in total. The molecule has 2 atom stereocenters. The summed E-state index contributed by atoms with van der Waals surface area (Å²) in [7, 11) is 0. The van der Waals surface area contributed by atoms with Gasteiger partial charge in [0.2, 0.25) is 0 Å². The second-order valence-corrected chi connectivity index (χ2v) is 4.85. The van der Waals surface area contributed by atoms with E-state index >= 15 is 0 Å². The first kappa shape index (κ1) is 15.9. The molecule has 112 valence electrons. The van der Waals surface area contributed by atoms with Gasteiger partial charge in [-0.2, -0.15) is 5.26 Å². The lowest BCUT2D eigenvalue weighted by Gasteiger charge is -2.20. The van der Waals surface area contributed by atoms with E-state index in [0.29, 0.717) is 11.1 Å². The van der Waals surface area contributed by atoms with Gasteiger partial charge >= 0.3 is 0 Å². The third-order valence-corrected chi connectivity index (χ3v) is 3.41. The normalized spacial score (nSPS) is 13.8. The Labute approximate surface area is 128 Å². The van der Waals surface area contributed by atoms with Crippen molar-refractivity contribution in [2.75, 3.05) is 0 Å². The Morgan fingerprint density at radius 3 is 2.41 bits per heavy atom. The molecule has 0 spiro atoms. The van der Waals surface area contributed by atoms with Crippen LogP contribution >= 0.6 is 0 Å². The summed E-state index contributed by atoms with van der Waals surface area (Å²) < 4.78 is 27.1. The van der Waals surface area contributed by atoms with Crippen molar-refractivity contribution in [3.8, 4) is 6.07 Å². The van der Waals surface area contributed by atoms with Crippen LogP contribution < -0.4 is 0 Å². The summed E-state index contributed by atoms with van der Waals surface area (Å²) in [6.45, 7) is 1.78. The maximum absolute atomic E-state index is 14.1. The number of benzene rings is 2. The summed E-state index contributed by atoms with van der Waals surface area (Å²) in [4.78, 5) is 0. The fraction of sp³-hybridized carbons (Fsp3) is 0.167. The summed E-state index contributed by atoms with van der Waals surface area (Å²) in [5.74, 6) is -2.00. The highest BCUT2D eigenvalue weighted by molar-refractivity contribution is 5.55. The topological polar surface area (TPSA) is 44.0 Å². The zero-order valence-electron chi connectivity index (χ0n) is 12.0. The van der Waals surface area contributed by atoms with E-state index in [4.69, 9.17) is 0 Å². The second-order valence-electron chi connectivity index (χ2n) is 4.85. The number of hydrogen-bond acceptors (Lipinski definition) is 2. The predicted octanol–water partition coefficient (Wildman–Crippen LogP) is 4.34. The van der Waals surface area contributed by atoms with E-state index in [2.05, 4.69) is 0 Å². The lowest BCUT2D eigenvalue weighted by molar-refractivity contribution is 0.159. The summed E-state index contributed by atoms with van der Waals surface area (Å²) in [5.41, 5.74) is 1.01. The largest absolute Gasteiger partial charge is 0.387 e. The van der Waals surface area contributed by atoms with Crippen molar-refractivity contribution in [1.29, 1.82) is 5.26 Å². The first-order valence-corrected chi connectivity index (χ1v) is 6.82. The molecule has 0 radical (unpaired) electrons. The molecule has 0 aliphatic carbocycles. The molecule has 0 saturated heterocycles. The minimum atomic E-state index is -1.34. The Kier molecular flexibility index (Phi) is 5.03. The summed E-state index contributed by atoms with van der Waals surface area (Å²) in [5, 5.41) is 19.8. The molecule has 0 heterocycles. The molecule has 2 unspecified atom stereocenters. The molecular weight excluding hydrogens is 284 g/mol. The zero-order chi connectivity index (χ0) is 16.1. The highest BCUT2D eigenvalue weighted by Crippen LogP contribution is 2.34. The van der Waals surface area contributed by atoms with Gasteiger partial charge in [-0.3, -0.25) is 0 Å². The molecule has 4 heteroatoms. The van der Waals surface area contributed by atoms with Crippen LogP contribution in [-0.4, -0.2) is 5.11 Å². The van der Waals surface area contributed by atoms with E-state index in [-0.39, 0.29) is 5.56 Å². The first-order valence-electron chi connectivity index (χ1n) is 6.82. The maximum Gasteiger partial charge on any atom is 0.129 e. The van der Waals surface area contributed by atoms with Gasteiger partial charge in [-0.25, -0.2) is 8.78 Å². The van der Waals surface area contributed by atoms with Gasteiger partial charge in [0.15, 0.2) is 0 Å². The Balaban J connectivity index is 2.47. The Morgan fingerprint density at radius 1 is 1.14 bits per heavy atom. The predicted molar refractivity (Wildman–Crippen MR) is 80.8 cm³/mol. The van der Waals surface area contributed by atoms with Gasteiger partial charge < -0.3 is 5.11 Å². The van der Waals surface area contributed by atoms with Crippen LogP contribution in [0.25, 0.3) is 6.08 Å². The summed E-state index contributed by atoms with van der Waals surface area (Å²) >= 11 is 0. The van der Waals surface area contributed by atoms with E-state index in [1.807, 2.05) is 6.07 Å². The van der Waals surface area contributed by atoms with E-state index in [9.17, 15) is 19.1 Å². The van der Waals surface area contributed by atoms with Gasteiger partial charge in [-0.1, -0.05) is 36.4 Å². The van der Waals surface area contributed by atoms with Crippen molar-refractivity contribution >= 4 is 6.08 Å². The van der Waals surface area contributed by atoms with Crippen LogP contribution in [-0.2, 0) is 0 Å². The number of halogens is 2. The lowest BCUT2D eigenvalue weighted by Crippen LogP contribution is -2.12. The van der Waals surface area contributed by atoms with Crippen molar-refractivity contribution in [2.24, 2.45) is 0 Å². The van der Waals surface area contributed by atoms with Crippen LogP contribution in [0.2, 0.25) is 0 Å². The van der Waals surface area contributed by atoms with Gasteiger partial charge in [0, 0.05) is 5.56 Å². The molecule has 2 rings (SSSR count). The van der Waals surface area contributed by atoms with E-state index in [0.717, 1.165) is 0 Å². The number of rotatable bonds is 4. The fourth-order valence-corrected chi connectivity index (χ4v) is 2.35. The molecule has 0 saturated carbocycles. The molecule has 2 nitrogen and oxygen atoms in total. The Bertz CT molecular complexity index is 717. The monoisotopic (exact) mass is 299 g/mol. The van der Waals surface area contributed by atoms with Gasteiger partial charge in [0.25, 0.3) is 0 Å². The average Bonchev–Trinajstić information content (AvgIpc) is 2.50. The minimum Gasteiger partial charge on any atom is -0.387 e. The van der Waals surface area contributed by atoms with Gasteiger partial charge in [0.1, 0.15) is 23.7 Å². The van der Waals surface area contributed by atoms with Crippen LogP contribution in [0, 0.1) is 23.0 Å². The van der Waals surface area contributed by atoms with Gasteiger partial charge in [-0.05, 0) is 36.2 Å². The molecule has 22 heavy (non-hydrogen) atoms. The SMILES string of the molecule is CC=Cc1cccc(F)c1C(O)C(C#N)c1ccc(F)cc1. The smallest absolute Gasteiger partial charge is 0.129 e. The van der Waals surface area contributed by atoms with Crippen LogP contribution in [0.1, 0.15) is 35.6 Å². The van der Waals surface area contributed by atoms with Crippen molar-refractivity contribution in [3.63, 3.8) is 0 Å². The van der Waals surface area contributed by atoms with Crippen molar-refractivity contribution in [2.45, 2.75) is 18.9 Å². The van der Waals surface area contributed by atoms with Crippen molar-refractivity contribution in [3.05, 3.63) is 76.9 Å². The van der Waals surface area contributed by atoms with Crippen LogP contribution in [0.5, 0.6) is 0 Å². The molecule has 0 aromatic heterocycles. The number of hydrogen-bond donors (Lipinski definition) is 1. The zero-order valence-corrected chi connectivity index (χ0v) is 12.0. The highest BCUT2D eigenvalue weighted by Gasteiger charge is 2.26. The number of nitriles is 1. The van der Waals surface area contributed by atoms with Crippen molar-refractivity contribution in [1.82, 2.24) is 0 Å². The number of allylic oxidation sites excluding steroid dienone is 1. The Morgan fingerprint density at radius 2 is 1.82 bits per heavy atom. The molecule has 0 aliphatic heterocycles. The standard InChI is InChI=1S/C18H15F2NO/c1-2-4-13-5-3-6-16(20)17(13)18(22)15(11-21)12-7-9-14(19)10-8-12/h2-10,15,18,22H,1H3. The number of aliphatic hydroxyl groups excluding tert-OH is 1. The third kappa shape index (κ3) is 3.21. The lowest BCUT2D eigenvalue weighted by atomic mass is 9.87. The second kappa shape index (κ2) is 6.97. The highest BCUT2D eigenvalue weighted by atomic mass is 19.1. The van der Waals surface area contributed by atoms with E-state index in [1.165, 1.54) is 30.3 Å². The number of nitrogens with zero attached hydrogens (tertiary/aromatic N) is 1. The third-order valence-electron chi connectivity index (χ3n) is 3.41. The van der Waals surface area contributed by atoms with Crippen LogP contribution in [0.3, 0.4) is 0 Å².